The number of hydrogen-bond acceptors (Lipinski definition) is 15. The number of nitrogens with one attached hydrogen (secondary N) is 2. The molecule has 22 heteroatoms. The number of anilines is 2. The van der Waals surface area contributed by atoms with E-state index in [0.29, 0.717) is 54.8 Å². The Morgan fingerprint density at radius 3 is 2.51 bits per heavy atom. The number of carbonyl (C=O) groups is 4. The Labute approximate surface area is 435 Å². The molecule has 3 aromatic heterocycles. The summed E-state index contributed by atoms with van der Waals surface area (Å²) in [6.07, 6.45) is 0.371. The average molecular weight is 1060 g/mol. The Morgan fingerprint density at radius 2 is 1.84 bits per heavy atom. The molecule has 2 aliphatic rings. The average Bonchev–Trinajstić information content (AvgIpc) is 4.13. The fraction of sp³-hybridized carbons (Fsp3) is 0.385. The van der Waals surface area contributed by atoms with Crippen LogP contribution >= 0.6 is 22.9 Å². The number of piperazine rings is 1. The number of phenolic OH excluding ortho intramolecular Hbond substituents is 1. The lowest BCUT2D eigenvalue weighted by Crippen LogP contribution is -2.48. The van der Waals surface area contributed by atoms with Crippen LogP contribution in [0, 0.1) is 31.4 Å². The largest absolute Gasteiger partial charge is 0.507 e. The van der Waals surface area contributed by atoms with Crippen molar-refractivity contribution in [3.63, 3.8) is 0 Å². The zero-order valence-electron chi connectivity index (χ0n) is 41.5. The molecule has 0 bridgehead atoms. The summed E-state index contributed by atoms with van der Waals surface area (Å²) in [7, 11) is 1.63. The highest BCUT2D eigenvalue weighted by atomic mass is 35.5. The molecule has 2 aliphatic heterocycles. The predicted molar refractivity (Wildman–Crippen MR) is 276 cm³/mol. The highest BCUT2D eigenvalue weighted by molar-refractivity contribution is 7.13. The van der Waals surface area contributed by atoms with E-state index in [1.165, 1.54) is 45.4 Å². The van der Waals surface area contributed by atoms with Gasteiger partial charge in [0.05, 0.1) is 45.0 Å². The van der Waals surface area contributed by atoms with Crippen LogP contribution in [0.3, 0.4) is 0 Å². The molecular weight excluding hydrogens is 998 g/mol. The van der Waals surface area contributed by atoms with Gasteiger partial charge in [-0.15, -0.1) is 11.3 Å². The van der Waals surface area contributed by atoms with Crippen molar-refractivity contribution in [3.8, 4) is 33.1 Å². The van der Waals surface area contributed by atoms with E-state index < -0.39 is 46.9 Å². The van der Waals surface area contributed by atoms with Crippen LogP contribution in [0.1, 0.15) is 55.3 Å². The minimum absolute atomic E-state index is 0.00772. The molecule has 2 saturated heterocycles. The summed E-state index contributed by atoms with van der Waals surface area (Å²) in [5.41, 5.74) is 3.67. The first-order chi connectivity index (χ1) is 35.4. The van der Waals surface area contributed by atoms with Crippen molar-refractivity contribution in [2.75, 3.05) is 69.7 Å². The highest BCUT2D eigenvalue weighted by Gasteiger charge is 2.43. The number of aromatic nitrogens is 4. The third-order valence-corrected chi connectivity index (χ3v) is 14.5. The van der Waals surface area contributed by atoms with Crippen LogP contribution in [-0.2, 0) is 25.7 Å². The highest BCUT2D eigenvalue weighted by Crippen LogP contribution is 2.43. The van der Waals surface area contributed by atoms with Gasteiger partial charge in [-0.1, -0.05) is 55.4 Å². The number of ether oxygens (including phenoxy) is 1. The number of fused-ring (bicyclic) bond motifs is 1. The number of likely N-dealkylation sites (tertiary alicyclic amines) is 1. The van der Waals surface area contributed by atoms with Crippen molar-refractivity contribution in [3.05, 3.63) is 106 Å². The van der Waals surface area contributed by atoms with E-state index in [2.05, 4.69) is 32.3 Å². The first kappa shape index (κ1) is 53.1. The number of aromatic hydroxyl groups is 1. The van der Waals surface area contributed by atoms with Crippen molar-refractivity contribution in [1.82, 2.24) is 40.1 Å². The molecule has 18 nitrogen and oxygen atoms in total. The van der Waals surface area contributed by atoms with E-state index in [9.17, 15) is 29.4 Å². The number of benzene rings is 3. The summed E-state index contributed by atoms with van der Waals surface area (Å²) < 4.78 is 43.6. The van der Waals surface area contributed by atoms with E-state index >= 15 is 8.78 Å². The number of aryl methyl sites for hydroxylation is 2. The molecule has 390 valence electrons. The fourth-order valence-corrected chi connectivity index (χ4v) is 10.3. The van der Waals surface area contributed by atoms with Crippen molar-refractivity contribution < 1.29 is 47.4 Å². The third-order valence-electron chi connectivity index (χ3n) is 13.2. The number of β-amino-alcohol motifs (C(OH)–C–C–N with tert-alkyl or cyclic N) is 1. The molecule has 5 heterocycles. The SMILES string of the molecule is C=CC(=O)N1CCN(c2nc(NCCC(=O)N(C)CCOc3cc(-c4scnc4C)ccc3CNC(=O)[C@@H]3C[C@@H](O)CN3C(=O)C(c3cc(C)no3)C(C)C)nc3c(F)c(-c4c(O)cccc4F)c(Cl)cc23)CC1. The second-order valence-electron chi connectivity index (χ2n) is 18.6. The standard InChI is InChI=1S/C52H57ClF2N10O8S/c1-7-41(68)63-15-17-64(18-16-63)49-34-24-35(53)44(45-36(54)9-8-10-38(45)67)46(55)47(34)59-52(60-49)56-14-13-42(69)62(6)19-20-72-39-22-31(48-30(5)58-27-74-48)11-12-32(39)25-57-50(70)37-23-33(66)26-65(37)51(71)43(28(2)3)40-21-29(4)61-73-40/h7-12,21-22,24,27-28,33,37,43,66-67H,1,13-20,23,25-26H2,2-6H3,(H,57,70)(H,56,59,60)/t33-,37+,43?/m1/s1. The zero-order valence-corrected chi connectivity index (χ0v) is 43.1. The van der Waals surface area contributed by atoms with Crippen molar-refractivity contribution in [1.29, 1.82) is 0 Å². The first-order valence-electron chi connectivity index (χ1n) is 24.1. The summed E-state index contributed by atoms with van der Waals surface area (Å²) in [5, 5.41) is 31.3. The van der Waals surface area contributed by atoms with Crippen LogP contribution in [0.5, 0.6) is 11.5 Å². The van der Waals surface area contributed by atoms with Gasteiger partial charge >= 0.3 is 0 Å². The van der Waals surface area contributed by atoms with Gasteiger partial charge in [0.25, 0.3) is 0 Å². The number of nitrogens with zero attached hydrogens (tertiary/aromatic N) is 8. The van der Waals surface area contributed by atoms with E-state index in [-0.39, 0.29) is 96.7 Å². The number of phenols is 1. The third kappa shape index (κ3) is 11.4. The number of aliphatic hydroxyl groups is 1. The van der Waals surface area contributed by atoms with Gasteiger partial charge in [-0.05, 0) is 55.7 Å². The van der Waals surface area contributed by atoms with Crippen LogP contribution in [0.15, 0.2) is 71.2 Å². The van der Waals surface area contributed by atoms with E-state index in [0.717, 1.165) is 22.2 Å². The van der Waals surface area contributed by atoms with E-state index in [1.54, 1.807) is 30.4 Å². The Balaban J connectivity index is 0.940. The van der Waals surface area contributed by atoms with E-state index in [1.807, 2.05) is 43.9 Å². The number of amides is 4. The summed E-state index contributed by atoms with van der Waals surface area (Å²) in [6, 6.07) is 11.4. The maximum absolute atomic E-state index is 16.7. The molecule has 0 radical (unpaired) electrons. The maximum atomic E-state index is 16.7. The molecule has 74 heavy (non-hydrogen) atoms. The van der Waals surface area contributed by atoms with Gasteiger partial charge in [-0.2, -0.15) is 4.98 Å². The van der Waals surface area contributed by atoms with Gasteiger partial charge in [-0.3, -0.25) is 19.2 Å². The Kier molecular flexibility index (Phi) is 16.4. The first-order valence-corrected chi connectivity index (χ1v) is 25.4. The summed E-state index contributed by atoms with van der Waals surface area (Å²) in [4.78, 5) is 74.6. The smallest absolute Gasteiger partial charge is 0.246 e. The molecule has 0 saturated carbocycles. The molecule has 4 amide bonds. The van der Waals surface area contributed by atoms with Crippen LogP contribution in [0.25, 0.3) is 32.5 Å². The minimum atomic E-state index is -0.990. The lowest BCUT2D eigenvalue weighted by Gasteiger charge is -2.35. The number of hydrogen-bond donors (Lipinski definition) is 4. The fourth-order valence-electron chi connectivity index (χ4n) is 9.25. The monoisotopic (exact) mass is 1050 g/mol. The van der Waals surface area contributed by atoms with Crippen LogP contribution in [0.4, 0.5) is 20.5 Å². The van der Waals surface area contributed by atoms with Gasteiger partial charge in [0.1, 0.15) is 53.0 Å². The Bertz CT molecular complexity index is 3070. The predicted octanol–water partition coefficient (Wildman–Crippen LogP) is 6.85. The van der Waals surface area contributed by atoms with Crippen LogP contribution in [0.2, 0.25) is 5.02 Å². The normalized spacial score (nSPS) is 16.2. The molecule has 2 fully saturated rings. The lowest BCUT2D eigenvalue weighted by molar-refractivity contribution is -0.141. The number of likely N-dealkylation sites (N-methyl/N-ethyl adjacent to an activating group) is 1. The Morgan fingerprint density at radius 1 is 1.07 bits per heavy atom. The summed E-state index contributed by atoms with van der Waals surface area (Å²) >= 11 is 8.09. The quantitative estimate of drug-likeness (QED) is 0.0647. The van der Waals surface area contributed by atoms with Gasteiger partial charge in [-0.25, -0.2) is 18.7 Å². The van der Waals surface area contributed by atoms with Crippen molar-refractivity contribution in [2.45, 2.75) is 65.1 Å². The molecule has 0 spiro atoms. The molecule has 4 N–H and O–H groups in total. The lowest BCUT2D eigenvalue weighted by atomic mass is 9.91. The second kappa shape index (κ2) is 22.9. The second-order valence-corrected chi connectivity index (χ2v) is 19.9. The molecule has 8 rings (SSSR count). The zero-order chi connectivity index (χ0) is 53.0. The van der Waals surface area contributed by atoms with Crippen molar-refractivity contribution in [2.24, 2.45) is 5.92 Å². The summed E-state index contributed by atoms with van der Waals surface area (Å²) in [6.45, 7) is 12.6. The number of thiazole rings is 1. The number of rotatable bonds is 18. The molecule has 3 atom stereocenters. The number of aliphatic hydroxyl groups excluding tert-OH is 1. The molecule has 1 unspecified atom stereocenters. The molecule has 6 aromatic rings. The van der Waals surface area contributed by atoms with Gasteiger partial charge in [0, 0.05) is 88.3 Å². The molecule has 0 aliphatic carbocycles. The molecular formula is C52H57ClF2N10O8S. The number of halogens is 3. The van der Waals surface area contributed by atoms with Gasteiger partial charge in [0.2, 0.25) is 29.6 Å². The summed E-state index contributed by atoms with van der Waals surface area (Å²) in [5.74, 6) is -3.42. The minimum Gasteiger partial charge on any atom is -0.507 e. The van der Waals surface area contributed by atoms with Crippen LogP contribution in [-0.4, -0.2) is 140 Å². The molecule has 3 aromatic carbocycles. The van der Waals surface area contributed by atoms with E-state index in [4.69, 9.17) is 25.8 Å². The van der Waals surface area contributed by atoms with Gasteiger partial charge in [0.15, 0.2) is 5.82 Å². The topological polar surface area (TPSA) is 220 Å². The number of carbonyl (C=O) groups excluding carboxylic acids is 4. The Hall–Kier alpha value is -7.23. The van der Waals surface area contributed by atoms with Crippen LogP contribution < -0.4 is 20.3 Å². The maximum Gasteiger partial charge on any atom is 0.246 e. The van der Waals surface area contributed by atoms with Gasteiger partial charge < -0.3 is 49.7 Å². The van der Waals surface area contributed by atoms with Crippen molar-refractivity contribution >= 4 is 69.2 Å².